The molecule has 1 unspecified atom stereocenters. The van der Waals surface area contributed by atoms with Gasteiger partial charge in [0.25, 0.3) is 0 Å². The molecular formula is C6H10O4. The van der Waals surface area contributed by atoms with E-state index in [9.17, 15) is 4.79 Å². The topological polar surface area (TPSA) is 55.8 Å². The molecule has 0 aliphatic heterocycles. The van der Waals surface area contributed by atoms with E-state index in [2.05, 4.69) is 16.2 Å². The summed E-state index contributed by atoms with van der Waals surface area (Å²) in [6.45, 7) is 4.63. The van der Waals surface area contributed by atoms with Gasteiger partial charge in [0.2, 0.25) is 5.60 Å². The molecule has 0 aromatic carbocycles. The Hall–Kier alpha value is -0.870. The second kappa shape index (κ2) is 3.34. The second-order valence-corrected chi connectivity index (χ2v) is 1.89. The van der Waals surface area contributed by atoms with Crippen molar-refractivity contribution >= 4 is 5.97 Å². The van der Waals surface area contributed by atoms with Gasteiger partial charge in [0.1, 0.15) is 0 Å². The molecule has 0 spiro atoms. The normalized spacial score (nSPS) is 15.5. The Morgan fingerprint density at radius 1 is 1.80 bits per heavy atom. The van der Waals surface area contributed by atoms with Gasteiger partial charge in [0.05, 0.1) is 7.11 Å². The quantitative estimate of drug-likeness (QED) is 0.274. The molecular weight excluding hydrogens is 136 g/mol. The average Bonchev–Trinajstić information content (AvgIpc) is 2.01. The van der Waals surface area contributed by atoms with E-state index in [0.717, 1.165) is 6.08 Å². The minimum atomic E-state index is -1.45. The lowest BCUT2D eigenvalue weighted by Crippen LogP contribution is -2.36. The van der Waals surface area contributed by atoms with Gasteiger partial charge in [-0.3, -0.25) is 5.26 Å². The first-order valence-electron chi connectivity index (χ1n) is 2.65. The molecule has 0 aliphatic carbocycles. The van der Waals surface area contributed by atoms with Crippen molar-refractivity contribution in [1.29, 1.82) is 0 Å². The Balaban J connectivity index is 4.31. The van der Waals surface area contributed by atoms with Crippen LogP contribution < -0.4 is 0 Å². The molecule has 0 aliphatic rings. The van der Waals surface area contributed by atoms with Crippen LogP contribution in [0.15, 0.2) is 12.7 Å². The van der Waals surface area contributed by atoms with Gasteiger partial charge in [-0.1, -0.05) is 6.58 Å². The molecule has 1 atom stereocenters. The standard InChI is InChI=1S/C6H10O4/c1-4-6(2,10-8)5(7)9-3/h4,8H,1H2,2-3H3. The van der Waals surface area contributed by atoms with E-state index in [1.54, 1.807) is 0 Å². The highest BCUT2D eigenvalue weighted by molar-refractivity contribution is 5.81. The highest BCUT2D eigenvalue weighted by Crippen LogP contribution is 2.11. The lowest BCUT2D eigenvalue weighted by Gasteiger charge is -2.17. The number of methoxy groups -OCH3 is 1. The summed E-state index contributed by atoms with van der Waals surface area (Å²) >= 11 is 0. The summed E-state index contributed by atoms with van der Waals surface area (Å²) in [4.78, 5) is 14.6. The summed E-state index contributed by atoms with van der Waals surface area (Å²) in [5.74, 6) is -0.690. The predicted octanol–water partition coefficient (Wildman–Crippen LogP) is 0.594. The molecule has 4 heteroatoms. The number of ether oxygens (including phenoxy) is 1. The molecule has 0 saturated carbocycles. The molecule has 0 aromatic rings. The number of hydrogen-bond acceptors (Lipinski definition) is 4. The minimum absolute atomic E-state index is 0.690. The lowest BCUT2D eigenvalue weighted by molar-refractivity contribution is -0.298. The Morgan fingerprint density at radius 2 is 2.30 bits per heavy atom. The monoisotopic (exact) mass is 146 g/mol. The third kappa shape index (κ3) is 1.55. The van der Waals surface area contributed by atoms with E-state index in [4.69, 9.17) is 5.26 Å². The van der Waals surface area contributed by atoms with Crippen molar-refractivity contribution in [3.63, 3.8) is 0 Å². The number of esters is 1. The molecule has 0 amide bonds. The molecule has 0 aromatic heterocycles. The van der Waals surface area contributed by atoms with Crippen molar-refractivity contribution in [2.45, 2.75) is 12.5 Å². The van der Waals surface area contributed by atoms with Crippen LogP contribution in [-0.4, -0.2) is 23.9 Å². The number of rotatable bonds is 3. The fraction of sp³-hybridized carbons (Fsp3) is 0.500. The van der Waals surface area contributed by atoms with E-state index in [-0.39, 0.29) is 0 Å². The second-order valence-electron chi connectivity index (χ2n) is 1.89. The zero-order valence-corrected chi connectivity index (χ0v) is 5.96. The third-order valence-corrected chi connectivity index (χ3v) is 1.17. The highest BCUT2D eigenvalue weighted by Gasteiger charge is 2.32. The van der Waals surface area contributed by atoms with Gasteiger partial charge < -0.3 is 4.74 Å². The molecule has 0 heterocycles. The molecule has 0 bridgehead atoms. The van der Waals surface area contributed by atoms with Crippen LogP contribution in [0.2, 0.25) is 0 Å². The number of carbonyl (C=O) groups is 1. The van der Waals surface area contributed by atoms with Crippen LogP contribution in [0.5, 0.6) is 0 Å². The molecule has 0 saturated heterocycles. The summed E-state index contributed by atoms with van der Waals surface area (Å²) in [5.41, 5.74) is -1.45. The van der Waals surface area contributed by atoms with Crippen molar-refractivity contribution < 1.29 is 19.7 Å². The van der Waals surface area contributed by atoms with Crippen LogP contribution in [0.1, 0.15) is 6.92 Å². The molecule has 0 rings (SSSR count). The molecule has 0 fully saturated rings. The van der Waals surface area contributed by atoms with Crippen LogP contribution in [-0.2, 0) is 14.4 Å². The van der Waals surface area contributed by atoms with Gasteiger partial charge in [0.15, 0.2) is 0 Å². The Kier molecular flexibility index (Phi) is 3.05. The first kappa shape index (κ1) is 9.13. The highest BCUT2D eigenvalue weighted by atomic mass is 17.1. The van der Waals surface area contributed by atoms with Crippen molar-refractivity contribution in [3.8, 4) is 0 Å². The predicted molar refractivity (Wildman–Crippen MR) is 34.3 cm³/mol. The molecule has 58 valence electrons. The van der Waals surface area contributed by atoms with E-state index in [1.165, 1.54) is 14.0 Å². The Morgan fingerprint density at radius 3 is 2.40 bits per heavy atom. The fourth-order valence-electron chi connectivity index (χ4n) is 0.361. The van der Waals surface area contributed by atoms with Gasteiger partial charge in [-0.2, -0.15) is 0 Å². The van der Waals surface area contributed by atoms with Gasteiger partial charge >= 0.3 is 5.97 Å². The summed E-state index contributed by atoms with van der Waals surface area (Å²) in [6, 6.07) is 0. The molecule has 4 nitrogen and oxygen atoms in total. The maximum Gasteiger partial charge on any atom is 0.345 e. The van der Waals surface area contributed by atoms with E-state index in [1.807, 2.05) is 0 Å². The fourth-order valence-corrected chi connectivity index (χ4v) is 0.361. The van der Waals surface area contributed by atoms with Crippen molar-refractivity contribution in [2.24, 2.45) is 0 Å². The maximum atomic E-state index is 10.7. The van der Waals surface area contributed by atoms with E-state index >= 15 is 0 Å². The molecule has 0 radical (unpaired) electrons. The van der Waals surface area contributed by atoms with Gasteiger partial charge in [-0.15, -0.1) is 0 Å². The summed E-state index contributed by atoms with van der Waals surface area (Å²) in [7, 11) is 1.20. The van der Waals surface area contributed by atoms with E-state index in [0.29, 0.717) is 0 Å². The van der Waals surface area contributed by atoms with E-state index < -0.39 is 11.6 Å². The van der Waals surface area contributed by atoms with Crippen molar-refractivity contribution in [2.75, 3.05) is 7.11 Å². The summed E-state index contributed by atoms with van der Waals surface area (Å²) in [5, 5.41) is 8.21. The zero-order chi connectivity index (χ0) is 8.20. The van der Waals surface area contributed by atoms with Crippen LogP contribution in [0.4, 0.5) is 0 Å². The van der Waals surface area contributed by atoms with Gasteiger partial charge in [-0.25, -0.2) is 9.68 Å². The summed E-state index contributed by atoms with van der Waals surface area (Å²) < 4.78 is 4.30. The van der Waals surface area contributed by atoms with Crippen LogP contribution in [0.25, 0.3) is 0 Å². The van der Waals surface area contributed by atoms with Crippen LogP contribution in [0.3, 0.4) is 0 Å². The lowest BCUT2D eigenvalue weighted by atomic mass is 10.1. The number of hydrogen-bond donors (Lipinski definition) is 1. The average molecular weight is 146 g/mol. The SMILES string of the molecule is C=CC(C)(OO)C(=O)OC. The Labute approximate surface area is 59.0 Å². The third-order valence-electron chi connectivity index (χ3n) is 1.17. The van der Waals surface area contributed by atoms with Gasteiger partial charge in [-0.05, 0) is 13.0 Å². The first-order chi connectivity index (χ1) is 4.60. The molecule has 1 N–H and O–H groups in total. The van der Waals surface area contributed by atoms with Crippen LogP contribution in [0, 0.1) is 0 Å². The van der Waals surface area contributed by atoms with Crippen LogP contribution >= 0.6 is 0 Å². The summed E-state index contributed by atoms with van der Waals surface area (Å²) in [6.07, 6.45) is 1.15. The zero-order valence-electron chi connectivity index (χ0n) is 5.96. The largest absolute Gasteiger partial charge is 0.467 e. The molecule has 10 heavy (non-hydrogen) atoms. The Bertz CT molecular complexity index is 143. The van der Waals surface area contributed by atoms with Crippen molar-refractivity contribution in [3.05, 3.63) is 12.7 Å². The van der Waals surface area contributed by atoms with Crippen molar-refractivity contribution in [1.82, 2.24) is 0 Å². The smallest absolute Gasteiger partial charge is 0.345 e. The minimum Gasteiger partial charge on any atom is -0.467 e. The first-order valence-corrected chi connectivity index (χ1v) is 2.65. The number of carbonyl (C=O) groups excluding carboxylic acids is 1. The van der Waals surface area contributed by atoms with Gasteiger partial charge in [0, 0.05) is 0 Å². The maximum absolute atomic E-state index is 10.7.